The molecule has 0 spiro atoms. The molecule has 1 aliphatic heterocycles. The summed E-state index contributed by atoms with van der Waals surface area (Å²) in [5.41, 5.74) is 3.08. The van der Waals surface area contributed by atoms with Gasteiger partial charge in [0.05, 0.1) is 6.10 Å². The Labute approximate surface area is 102 Å². The second-order valence-corrected chi connectivity index (χ2v) is 4.64. The Kier molecular flexibility index (Phi) is 3.79. The van der Waals surface area contributed by atoms with E-state index >= 15 is 0 Å². The third-order valence-electron chi connectivity index (χ3n) is 3.28. The molecule has 0 radical (unpaired) electrons. The first-order chi connectivity index (χ1) is 8.16. The molecular weight excluding hydrogens is 214 g/mol. The van der Waals surface area contributed by atoms with E-state index in [0.29, 0.717) is 6.54 Å². The fourth-order valence-electron chi connectivity index (χ4n) is 2.00. The first-order valence-electron chi connectivity index (χ1n) is 6.14. The topological polar surface area (TPSA) is 38.3 Å². The molecule has 17 heavy (non-hydrogen) atoms. The summed E-state index contributed by atoms with van der Waals surface area (Å²) in [7, 11) is 0. The molecule has 3 nitrogen and oxygen atoms in total. The molecule has 0 aromatic heterocycles. The van der Waals surface area contributed by atoms with Crippen LogP contribution in [-0.4, -0.2) is 25.2 Å². The maximum absolute atomic E-state index is 11.9. The maximum atomic E-state index is 11.9. The van der Waals surface area contributed by atoms with E-state index < -0.39 is 0 Å². The summed E-state index contributed by atoms with van der Waals surface area (Å²) in [6, 6.07) is 5.78. The molecule has 1 fully saturated rings. The van der Waals surface area contributed by atoms with Gasteiger partial charge in [-0.15, -0.1) is 0 Å². The van der Waals surface area contributed by atoms with Gasteiger partial charge in [0.25, 0.3) is 5.91 Å². The summed E-state index contributed by atoms with van der Waals surface area (Å²) in [6.45, 7) is 5.51. The molecule has 1 heterocycles. The van der Waals surface area contributed by atoms with Crippen LogP contribution in [0.5, 0.6) is 0 Å². The van der Waals surface area contributed by atoms with Gasteiger partial charge in [0, 0.05) is 18.7 Å². The van der Waals surface area contributed by atoms with E-state index in [2.05, 4.69) is 5.32 Å². The van der Waals surface area contributed by atoms with Crippen LogP contribution in [-0.2, 0) is 4.74 Å². The smallest absolute Gasteiger partial charge is 0.251 e. The third kappa shape index (κ3) is 3.07. The Balaban J connectivity index is 1.92. The summed E-state index contributed by atoms with van der Waals surface area (Å²) in [6.07, 6.45) is 2.35. The summed E-state index contributed by atoms with van der Waals surface area (Å²) in [5, 5.41) is 2.92. The number of amides is 1. The highest BCUT2D eigenvalue weighted by atomic mass is 16.5. The lowest BCUT2D eigenvalue weighted by Crippen LogP contribution is -2.31. The average molecular weight is 233 g/mol. The monoisotopic (exact) mass is 233 g/mol. The number of hydrogen-bond acceptors (Lipinski definition) is 2. The fraction of sp³-hybridized carbons (Fsp3) is 0.500. The van der Waals surface area contributed by atoms with Gasteiger partial charge >= 0.3 is 0 Å². The SMILES string of the molecule is Cc1ccc(C(=O)NC[C@H]2CCCO2)cc1C. The number of nitrogens with one attached hydrogen (secondary N) is 1. The van der Waals surface area contributed by atoms with Crippen LogP contribution < -0.4 is 5.32 Å². The molecule has 1 saturated heterocycles. The van der Waals surface area contributed by atoms with Gasteiger partial charge in [-0.25, -0.2) is 0 Å². The van der Waals surface area contributed by atoms with Gasteiger partial charge in [-0.1, -0.05) is 6.07 Å². The van der Waals surface area contributed by atoms with Crippen molar-refractivity contribution in [2.24, 2.45) is 0 Å². The van der Waals surface area contributed by atoms with Crippen LogP contribution >= 0.6 is 0 Å². The minimum absolute atomic E-state index is 0.0106. The average Bonchev–Trinajstić information content (AvgIpc) is 2.82. The van der Waals surface area contributed by atoms with E-state index in [9.17, 15) is 4.79 Å². The maximum Gasteiger partial charge on any atom is 0.251 e. The molecule has 92 valence electrons. The van der Waals surface area contributed by atoms with Gasteiger partial charge < -0.3 is 10.1 Å². The highest BCUT2D eigenvalue weighted by Crippen LogP contribution is 2.12. The molecule has 0 saturated carbocycles. The zero-order valence-electron chi connectivity index (χ0n) is 10.5. The van der Waals surface area contributed by atoms with Crippen molar-refractivity contribution in [2.75, 3.05) is 13.2 Å². The lowest BCUT2D eigenvalue weighted by Gasteiger charge is -2.11. The molecule has 1 aliphatic rings. The lowest BCUT2D eigenvalue weighted by molar-refractivity contribution is 0.0857. The summed E-state index contributed by atoms with van der Waals surface area (Å²) in [4.78, 5) is 11.9. The van der Waals surface area contributed by atoms with Crippen LogP contribution in [0.1, 0.15) is 34.3 Å². The van der Waals surface area contributed by atoms with Gasteiger partial charge in [-0.05, 0) is 49.9 Å². The predicted molar refractivity (Wildman–Crippen MR) is 67.2 cm³/mol. The summed E-state index contributed by atoms with van der Waals surface area (Å²) in [5.74, 6) is -0.0106. The van der Waals surface area contributed by atoms with Crippen molar-refractivity contribution in [3.05, 3.63) is 34.9 Å². The number of carbonyl (C=O) groups excluding carboxylic acids is 1. The highest BCUT2D eigenvalue weighted by molar-refractivity contribution is 5.94. The van der Waals surface area contributed by atoms with Crippen molar-refractivity contribution >= 4 is 5.91 Å². The van der Waals surface area contributed by atoms with E-state index in [4.69, 9.17) is 4.74 Å². The third-order valence-corrected chi connectivity index (χ3v) is 3.28. The molecule has 1 amide bonds. The van der Waals surface area contributed by atoms with Crippen molar-refractivity contribution in [2.45, 2.75) is 32.8 Å². The number of rotatable bonds is 3. The number of ether oxygens (including phenoxy) is 1. The van der Waals surface area contributed by atoms with Crippen LogP contribution in [0.15, 0.2) is 18.2 Å². The van der Waals surface area contributed by atoms with Crippen molar-refractivity contribution < 1.29 is 9.53 Å². The van der Waals surface area contributed by atoms with Crippen LogP contribution in [0.4, 0.5) is 0 Å². The van der Waals surface area contributed by atoms with Gasteiger partial charge in [0.2, 0.25) is 0 Å². The van der Waals surface area contributed by atoms with Crippen LogP contribution in [0.3, 0.4) is 0 Å². The zero-order valence-corrected chi connectivity index (χ0v) is 10.5. The first-order valence-corrected chi connectivity index (χ1v) is 6.14. The Morgan fingerprint density at radius 1 is 1.41 bits per heavy atom. The van der Waals surface area contributed by atoms with Gasteiger partial charge in [0.1, 0.15) is 0 Å². The molecule has 0 aliphatic carbocycles. The molecule has 0 bridgehead atoms. The minimum atomic E-state index is -0.0106. The van der Waals surface area contributed by atoms with E-state index in [1.165, 1.54) is 5.56 Å². The molecule has 1 N–H and O–H groups in total. The quantitative estimate of drug-likeness (QED) is 0.869. The van der Waals surface area contributed by atoms with E-state index in [-0.39, 0.29) is 12.0 Å². The standard InChI is InChI=1S/C14H19NO2/c1-10-5-6-12(8-11(10)2)14(16)15-9-13-4-3-7-17-13/h5-6,8,13H,3-4,7,9H2,1-2H3,(H,15,16)/t13-/m1/s1. The Morgan fingerprint density at radius 2 is 2.24 bits per heavy atom. The van der Waals surface area contributed by atoms with E-state index in [1.807, 2.05) is 32.0 Å². The number of hydrogen-bond donors (Lipinski definition) is 1. The molecule has 3 heteroatoms. The first kappa shape index (κ1) is 12.1. The number of aryl methyl sites for hydroxylation is 2. The van der Waals surface area contributed by atoms with Crippen molar-refractivity contribution in [1.82, 2.24) is 5.32 Å². The molecule has 2 rings (SSSR count). The van der Waals surface area contributed by atoms with Crippen LogP contribution in [0.25, 0.3) is 0 Å². The van der Waals surface area contributed by atoms with Crippen molar-refractivity contribution in [3.63, 3.8) is 0 Å². The number of carbonyl (C=O) groups is 1. The van der Waals surface area contributed by atoms with E-state index in [0.717, 1.165) is 30.6 Å². The van der Waals surface area contributed by atoms with Crippen LogP contribution in [0, 0.1) is 13.8 Å². The van der Waals surface area contributed by atoms with Gasteiger partial charge in [0.15, 0.2) is 0 Å². The second-order valence-electron chi connectivity index (χ2n) is 4.64. The van der Waals surface area contributed by atoms with E-state index in [1.54, 1.807) is 0 Å². The number of benzene rings is 1. The lowest BCUT2D eigenvalue weighted by atomic mass is 10.1. The normalized spacial score (nSPS) is 19.3. The molecule has 1 aromatic rings. The molecule has 0 unspecified atom stereocenters. The molecule has 1 atom stereocenters. The Bertz CT molecular complexity index is 409. The fourth-order valence-corrected chi connectivity index (χ4v) is 2.00. The Morgan fingerprint density at radius 3 is 2.88 bits per heavy atom. The zero-order chi connectivity index (χ0) is 12.3. The summed E-state index contributed by atoms with van der Waals surface area (Å²) < 4.78 is 5.47. The van der Waals surface area contributed by atoms with Crippen molar-refractivity contribution in [1.29, 1.82) is 0 Å². The largest absolute Gasteiger partial charge is 0.376 e. The Hall–Kier alpha value is -1.35. The summed E-state index contributed by atoms with van der Waals surface area (Å²) >= 11 is 0. The van der Waals surface area contributed by atoms with Crippen molar-refractivity contribution in [3.8, 4) is 0 Å². The predicted octanol–water partition coefficient (Wildman–Crippen LogP) is 2.21. The molecular formula is C14H19NO2. The minimum Gasteiger partial charge on any atom is -0.376 e. The second kappa shape index (κ2) is 5.32. The van der Waals surface area contributed by atoms with Gasteiger partial charge in [-0.3, -0.25) is 4.79 Å². The van der Waals surface area contributed by atoms with Crippen LogP contribution in [0.2, 0.25) is 0 Å². The highest BCUT2D eigenvalue weighted by Gasteiger charge is 2.16. The molecule has 1 aromatic carbocycles. The van der Waals surface area contributed by atoms with Gasteiger partial charge in [-0.2, -0.15) is 0 Å².